The maximum atomic E-state index is 13.2. The van der Waals surface area contributed by atoms with Crippen molar-refractivity contribution in [1.29, 1.82) is 0 Å². The fraction of sp³-hybridized carbons (Fsp3) is 0.500. The molecule has 2 aromatic rings. The van der Waals surface area contributed by atoms with Crippen LogP contribution in [0.25, 0.3) is 11.0 Å². The molecule has 3 rings (SSSR count). The average molecular weight is 305 g/mol. The zero-order chi connectivity index (χ0) is 15.5. The van der Waals surface area contributed by atoms with Gasteiger partial charge in [0, 0.05) is 23.8 Å². The van der Waals surface area contributed by atoms with Crippen LogP contribution in [0, 0.1) is 5.82 Å². The number of piperidine rings is 1. The first-order valence-corrected chi connectivity index (χ1v) is 7.69. The number of hydrogen-bond acceptors (Lipinski definition) is 4. The lowest BCUT2D eigenvalue weighted by Gasteiger charge is -2.31. The van der Waals surface area contributed by atoms with Crippen LogP contribution in [0.5, 0.6) is 0 Å². The van der Waals surface area contributed by atoms with Gasteiger partial charge in [-0.15, -0.1) is 0 Å². The number of nitrogens with two attached hydrogens (primary N) is 1. The Hall–Kier alpha value is -1.95. The van der Waals surface area contributed by atoms with E-state index in [9.17, 15) is 9.18 Å². The number of rotatable bonds is 5. The van der Waals surface area contributed by atoms with Crippen LogP contribution >= 0.6 is 0 Å². The molecule has 0 saturated carbocycles. The van der Waals surface area contributed by atoms with Crippen molar-refractivity contribution < 1.29 is 13.7 Å². The van der Waals surface area contributed by atoms with Crippen molar-refractivity contribution >= 4 is 16.9 Å². The molecule has 2 N–H and O–H groups in total. The monoisotopic (exact) mass is 305 g/mol. The fourth-order valence-corrected chi connectivity index (χ4v) is 3.13. The lowest BCUT2D eigenvalue weighted by molar-refractivity contribution is -0.118. The van der Waals surface area contributed by atoms with Crippen molar-refractivity contribution in [3.63, 3.8) is 0 Å². The third kappa shape index (κ3) is 3.27. The zero-order valence-electron chi connectivity index (χ0n) is 12.4. The van der Waals surface area contributed by atoms with Crippen LogP contribution in [0.1, 0.15) is 37.3 Å². The highest BCUT2D eigenvalue weighted by molar-refractivity contribution is 5.79. The summed E-state index contributed by atoms with van der Waals surface area (Å²) >= 11 is 0. The number of likely N-dealkylation sites (tertiary alicyclic amines) is 1. The van der Waals surface area contributed by atoms with Crippen LogP contribution in [-0.4, -0.2) is 35.6 Å². The maximum Gasteiger partial charge on any atom is 0.217 e. The highest BCUT2D eigenvalue weighted by Gasteiger charge is 2.24. The van der Waals surface area contributed by atoms with Gasteiger partial charge in [-0.1, -0.05) is 5.16 Å². The topological polar surface area (TPSA) is 72.4 Å². The summed E-state index contributed by atoms with van der Waals surface area (Å²) < 4.78 is 18.4. The van der Waals surface area contributed by atoms with Gasteiger partial charge in [0.1, 0.15) is 5.82 Å². The zero-order valence-corrected chi connectivity index (χ0v) is 12.4. The molecule has 0 unspecified atom stereocenters. The standard InChI is InChI=1S/C16H20FN3O2/c17-12-3-4-13-14(10-12)22-19-16(13)11-5-8-20(9-6-11)7-1-2-15(18)21/h3-4,10-11H,1-2,5-9H2,(H2,18,21). The van der Waals surface area contributed by atoms with E-state index in [1.54, 1.807) is 6.07 Å². The molecule has 1 aromatic heterocycles. The van der Waals surface area contributed by atoms with Gasteiger partial charge in [-0.25, -0.2) is 4.39 Å². The fourth-order valence-electron chi connectivity index (χ4n) is 3.13. The molecule has 0 aliphatic carbocycles. The van der Waals surface area contributed by atoms with Crippen molar-refractivity contribution in [2.24, 2.45) is 5.73 Å². The largest absolute Gasteiger partial charge is 0.370 e. The van der Waals surface area contributed by atoms with Crippen molar-refractivity contribution in [1.82, 2.24) is 10.1 Å². The number of halogens is 1. The molecular formula is C16H20FN3O2. The molecule has 0 radical (unpaired) electrons. The summed E-state index contributed by atoms with van der Waals surface area (Å²) in [5.74, 6) is -0.199. The van der Waals surface area contributed by atoms with Gasteiger partial charge in [0.15, 0.2) is 5.58 Å². The number of carbonyl (C=O) groups excluding carboxylic acids is 1. The quantitative estimate of drug-likeness (QED) is 0.920. The second kappa shape index (κ2) is 6.44. The molecule has 2 heterocycles. The van der Waals surface area contributed by atoms with E-state index in [-0.39, 0.29) is 11.7 Å². The minimum atomic E-state index is -0.306. The van der Waals surface area contributed by atoms with Crippen molar-refractivity contribution in [3.05, 3.63) is 29.7 Å². The number of amides is 1. The first-order chi connectivity index (χ1) is 10.6. The first kappa shape index (κ1) is 15.0. The number of primary amides is 1. The summed E-state index contributed by atoms with van der Waals surface area (Å²) in [6, 6.07) is 4.57. The predicted molar refractivity (Wildman–Crippen MR) is 80.8 cm³/mol. The molecule has 0 atom stereocenters. The molecule has 1 aliphatic heterocycles. The van der Waals surface area contributed by atoms with Crippen LogP contribution in [0.3, 0.4) is 0 Å². The van der Waals surface area contributed by atoms with Crippen molar-refractivity contribution in [3.8, 4) is 0 Å². The summed E-state index contributed by atoms with van der Waals surface area (Å²) in [5.41, 5.74) is 6.60. The minimum absolute atomic E-state index is 0.240. The molecule has 1 saturated heterocycles. The molecule has 1 aromatic carbocycles. The normalized spacial score (nSPS) is 17.1. The van der Waals surface area contributed by atoms with E-state index in [1.807, 2.05) is 0 Å². The van der Waals surface area contributed by atoms with Gasteiger partial charge >= 0.3 is 0 Å². The minimum Gasteiger partial charge on any atom is -0.370 e. The van der Waals surface area contributed by atoms with Crippen LogP contribution < -0.4 is 5.73 Å². The summed E-state index contributed by atoms with van der Waals surface area (Å²) in [5, 5.41) is 5.06. The van der Waals surface area contributed by atoms with Gasteiger partial charge in [0.25, 0.3) is 0 Å². The molecule has 1 amide bonds. The third-order valence-corrected chi connectivity index (χ3v) is 4.33. The Bertz CT molecular complexity index is 662. The number of fused-ring (bicyclic) bond motifs is 1. The Balaban J connectivity index is 1.59. The second-order valence-electron chi connectivity index (χ2n) is 5.89. The highest BCUT2D eigenvalue weighted by atomic mass is 19.1. The van der Waals surface area contributed by atoms with Gasteiger partial charge in [0.05, 0.1) is 5.69 Å². The molecule has 6 heteroatoms. The molecular weight excluding hydrogens is 285 g/mol. The van der Waals surface area contributed by atoms with Crippen LogP contribution in [0.15, 0.2) is 22.7 Å². The summed E-state index contributed by atoms with van der Waals surface area (Å²) in [4.78, 5) is 13.1. The van der Waals surface area contributed by atoms with Crippen LogP contribution in [0.4, 0.5) is 4.39 Å². The van der Waals surface area contributed by atoms with Crippen molar-refractivity contribution in [2.75, 3.05) is 19.6 Å². The Morgan fingerprint density at radius 3 is 2.91 bits per heavy atom. The van der Waals surface area contributed by atoms with Gasteiger partial charge < -0.3 is 15.2 Å². The maximum absolute atomic E-state index is 13.2. The molecule has 22 heavy (non-hydrogen) atoms. The van der Waals surface area contributed by atoms with Crippen LogP contribution in [0.2, 0.25) is 0 Å². The summed E-state index contributed by atoms with van der Waals surface area (Å²) in [6.45, 7) is 2.85. The number of benzene rings is 1. The van der Waals surface area contributed by atoms with E-state index in [4.69, 9.17) is 10.3 Å². The van der Waals surface area contributed by atoms with E-state index in [2.05, 4.69) is 10.1 Å². The Labute approximate surface area is 128 Å². The lowest BCUT2D eigenvalue weighted by Crippen LogP contribution is -2.34. The number of hydrogen-bond donors (Lipinski definition) is 1. The van der Waals surface area contributed by atoms with E-state index >= 15 is 0 Å². The van der Waals surface area contributed by atoms with Gasteiger partial charge in [0.2, 0.25) is 5.91 Å². The Morgan fingerprint density at radius 2 is 2.18 bits per heavy atom. The molecule has 0 spiro atoms. The third-order valence-electron chi connectivity index (χ3n) is 4.33. The molecule has 0 bridgehead atoms. The molecule has 1 aliphatic rings. The summed E-state index contributed by atoms with van der Waals surface area (Å²) in [6.07, 6.45) is 3.25. The van der Waals surface area contributed by atoms with E-state index in [0.29, 0.717) is 17.9 Å². The Morgan fingerprint density at radius 1 is 1.41 bits per heavy atom. The molecule has 5 nitrogen and oxygen atoms in total. The Kier molecular flexibility index (Phi) is 4.38. The van der Waals surface area contributed by atoms with Crippen molar-refractivity contribution in [2.45, 2.75) is 31.6 Å². The van der Waals surface area contributed by atoms with E-state index < -0.39 is 0 Å². The average Bonchev–Trinajstić information content (AvgIpc) is 2.90. The smallest absolute Gasteiger partial charge is 0.217 e. The highest BCUT2D eigenvalue weighted by Crippen LogP contribution is 2.32. The second-order valence-corrected chi connectivity index (χ2v) is 5.89. The number of carbonyl (C=O) groups is 1. The molecule has 118 valence electrons. The van der Waals surface area contributed by atoms with Gasteiger partial charge in [-0.3, -0.25) is 4.79 Å². The lowest BCUT2D eigenvalue weighted by atomic mass is 9.91. The van der Waals surface area contributed by atoms with Gasteiger partial charge in [-0.05, 0) is 51.0 Å². The van der Waals surface area contributed by atoms with Gasteiger partial charge in [-0.2, -0.15) is 0 Å². The number of aromatic nitrogens is 1. The number of nitrogens with zero attached hydrogens (tertiary/aromatic N) is 2. The molecule has 1 fully saturated rings. The first-order valence-electron chi connectivity index (χ1n) is 7.69. The van der Waals surface area contributed by atoms with Crippen LogP contribution in [-0.2, 0) is 4.79 Å². The summed E-state index contributed by atoms with van der Waals surface area (Å²) in [7, 11) is 0. The predicted octanol–water partition coefficient (Wildman–Crippen LogP) is 2.41. The van der Waals surface area contributed by atoms with E-state index in [1.165, 1.54) is 12.1 Å². The SMILES string of the molecule is NC(=O)CCCN1CCC(c2noc3cc(F)ccc23)CC1. The van der Waals surface area contributed by atoms with E-state index in [0.717, 1.165) is 50.0 Å².